The molecule has 1 fully saturated rings. The van der Waals surface area contributed by atoms with E-state index in [1.165, 1.54) is 33.5 Å². The molecule has 3 rings (SSSR count). The maximum absolute atomic E-state index is 12.9. The maximum atomic E-state index is 12.9. The van der Waals surface area contributed by atoms with Gasteiger partial charge in [0.05, 0.1) is 45.3 Å². The Labute approximate surface area is 169 Å². The van der Waals surface area contributed by atoms with Crippen LogP contribution >= 0.6 is 0 Å². The van der Waals surface area contributed by atoms with Crippen LogP contribution in [0.2, 0.25) is 0 Å². The summed E-state index contributed by atoms with van der Waals surface area (Å²) in [7, 11) is -0.723. The molecule has 2 aromatic rings. The molecule has 156 valence electrons. The molecule has 0 bridgehead atoms. The summed E-state index contributed by atoms with van der Waals surface area (Å²) in [6, 6.07) is 11.1. The number of piperazine rings is 1. The van der Waals surface area contributed by atoms with Crippen molar-refractivity contribution in [2.75, 3.05) is 40.4 Å². The van der Waals surface area contributed by atoms with E-state index in [0.717, 1.165) is 11.3 Å². The smallest absolute Gasteiger partial charge is 0.289 e. The summed E-state index contributed by atoms with van der Waals surface area (Å²) in [5.41, 5.74) is 0.614. The normalized spacial score (nSPS) is 15.8. The third-order valence-electron chi connectivity index (χ3n) is 5.04. The molecular formula is C19H24N3O6S+. The number of hydrogen-bond donors (Lipinski definition) is 1. The van der Waals surface area contributed by atoms with Gasteiger partial charge >= 0.3 is 0 Å². The second-order valence-corrected chi connectivity index (χ2v) is 8.64. The zero-order chi connectivity index (χ0) is 21.0. The fourth-order valence-electron chi connectivity index (χ4n) is 3.45. The zero-order valence-electron chi connectivity index (χ0n) is 16.3. The van der Waals surface area contributed by atoms with Gasteiger partial charge in [-0.2, -0.15) is 4.31 Å². The average Bonchev–Trinajstić information content (AvgIpc) is 2.74. The molecule has 0 aliphatic carbocycles. The van der Waals surface area contributed by atoms with Crippen molar-refractivity contribution in [2.45, 2.75) is 11.4 Å². The molecule has 2 aromatic carbocycles. The quantitative estimate of drug-likeness (QED) is 0.521. The number of hydrogen-bond acceptors (Lipinski definition) is 6. The van der Waals surface area contributed by atoms with Crippen LogP contribution in [0.4, 0.5) is 5.69 Å². The molecule has 0 saturated carbocycles. The predicted molar refractivity (Wildman–Crippen MR) is 106 cm³/mol. The Kier molecular flexibility index (Phi) is 6.36. The van der Waals surface area contributed by atoms with E-state index in [-0.39, 0.29) is 4.90 Å². The molecule has 1 aliphatic heterocycles. The van der Waals surface area contributed by atoms with E-state index in [0.29, 0.717) is 38.5 Å². The zero-order valence-corrected chi connectivity index (χ0v) is 17.1. The molecule has 0 spiro atoms. The van der Waals surface area contributed by atoms with Crippen molar-refractivity contribution in [3.63, 3.8) is 0 Å². The Bertz CT molecular complexity index is 987. The van der Waals surface area contributed by atoms with E-state index >= 15 is 0 Å². The minimum atomic E-state index is -3.92. The van der Waals surface area contributed by atoms with Crippen molar-refractivity contribution in [2.24, 2.45) is 0 Å². The van der Waals surface area contributed by atoms with Gasteiger partial charge in [0.1, 0.15) is 18.0 Å². The fourth-order valence-corrected chi connectivity index (χ4v) is 5.05. The van der Waals surface area contributed by atoms with Crippen LogP contribution in [0.1, 0.15) is 5.56 Å². The molecule has 1 heterocycles. The summed E-state index contributed by atoms with van der Waals surface area (Å²) in [6.07, 6.45) is 0. The topological polar surface area (TPSA) is 103 Å². The molecule has 0 radical (unpaired) electrons. The van der Waals surface area contributed by atoms with Crippen molar-refractivity contribution in [3.8, 4) is 11.5 Å². The van der Waals surface area contributed by atoms with Gasteiger partial charge in [0.2, 0.25) is 10.0 Å². The third kappa shape index (κ3) is 4.50. The van der Waals surface area contributed by atoms with E-state index < -0.39 is 20.6 Å². The van der Waals surface area contributed by atoms with Gasteiger partial charge in [-0.05, 0) is 18.2 Å². The van der Waals surface area contributed by atoms with Crippen LogP contribution < -0.4 is 14.4 Å². The number of rotatable bonds is 7. The molecule has 1 aliphatic rings. The van der Waals surface area contributed by atoms with E-state index in [9.17, 15) is 18.5 Å². The first-order valence-corrected chi connectivity index (χ1v) is 10.6. The summed E-state index contributed by atoms with van der Waals surface area (Å²) in [6.45, 7) is 2.46. The van der Waals surface area contributed by atoms with E-state index in [1.807, 2.05) is 18.2 Å². The highest BCUT2D eigenvalue weighted by Crippen LogP contribution is 2.26. The van der Waals surface area contributed by atoms with Gasteiger partial charge in [0.25, 0.3) is 5.69 Å². The number of nitro groups is 1. The van der Waals surface area contributed by atoms with E-state index in [1.54, 1.807) is 14.2 Å². The van der Waals surface area contributed by atoms with Crippen LogP contribution in [-0.2, 0) is 16.6 Å². The van der Waals surface area contributed by atoms with Crippen molar-refractivity contribution in [3.05, 3.63) is 58.1 Å². The monoisotopic (exact) mass is 422 g/mol. The summed E-state index contributed by atoms with van der Waals surface area (Å²) in [5, 5.41) is 11.2. The summed E-state index contributed by atoms with van der Waals surface area (Å²) < 4.78 is 37.8. The number of nitrogens with one attached hydrogen (secondary N) is 1. The molecule has 1 N–H and O–H groups in total. The van der Waals surface area contributed by atoms with Crippen LogP contribution in [0.15, 0.2) is 47.4 Å². The molecule has 1 saturated heterocycles. The Morgan fingerprint density at radius 1 is 1.10 bits per heavy atom. The SMILES string of the molecule is COc1ccc(C[NH+]2CCN(S(=O)(=O)c3ccccc3[N+](=O)[O-])CC2)c(OC)c1. The highest BCUT2D eigenvalue weighted by atomic mass is 32.2. The lowest BCUT2D eigenvalue weighted by Gasteiger charge is -2.31. The first-order valence-electron chi connectivity index (χ1n) is 9.15. The molecule has 9 nitrogen and oxygen atoms in total. The lowest BCUT2D eigenvalue weighted by Crippen LogP contribution is -3.13. The van der Waals surface area contributed by atoms with Crippen LogP contribution in [0.5, 0.6) is 11.5 Å². The number of para-hydroxylation sites is 1. The number of methoxy groups -OCH3 is 2. The minimum absolute atomic E-state index is 0.259. The predicted octanol–water partition coefficient (Wildman–Crippen LogP) is 0.701. The maximum Gasteiger partial charge on any atom is 0.289 e. The van der Waals surface area contributed by atoms with Crippen LogP contribution in [-0.4, -0.2) is 58.0 Å². The number of sulfonamides is 1. The summed E-state index contributed by atoms with van der Waals surface area (Å²) in [4.78, 5) is 11.5. The van der Waals surface area contributed by atoms with Crippen molar-refractivity contribution >= 4 is 15.7 Å². The Morgan fingerprint density at radius 2 is 1.79 bits per heavy atom. The standard InChI is InChI=1S/C19H23N3O6S/c1-27-16-8-7-15(18(13-16)28-2)14-20-9-11-21(12-10-20)29(25,26)19-6-4-3-5-17(19)22(23)24/h3-8,13H,9-12,14H2,1-2H3/p+1. The molecule has 10 heteroatoms. The van der Waals surface area contributed by atoms with Crippen molar-refractivity contribution in [1.29, 1.82) is 0 Å². The second kappa shape index (κ2) is 8.76. The highest BCUT2D eigenvalue weighted by Gasteiger charge is 2.34. The van der Waals surface area contributed by atoms with Crippen molar-refractivity contribution < 1.29 is 27.7 Å². The molecule has 0 amide bonds. The number of quaternary nitrogens is 1. The largest absolute Gasteiger partial charge is 0.497 e. The molecule has 0 atom stereocenters. The molecular weight excluding hydrogens is 398 g/mol. The average molecular weight is 422 g/mol. The Morgan fingerprint density at radius 3 is 2.41 bits per heavy atom. The number of benzene rings is 2. The summed E-state index contributed by atoms with van der Waals surface area (Å²) in [5.74, 6) is 1.44. The van der Waals surface area contributed by atoms with Crippen LogP contribution in [0.3, 0.4) is 0 Å². The van der Waals surface area contributed by atoms with E-state index in [2.05, 4.69) is 0 Å². The second-order valence-electron chi connectivity index (χ2n) is 6.73. The summed E-state index contributed by atoms with van der Waals surface area (Å²) >= 11 is 0. The van der Waals surface area contributed by atoms with Gasteiger partial charge in [0.15, 0.2) is 4.90 Å². The van der Waals surface area contributed by atoms with Gasteiger partial charge < -0.3 is 14.4 Å². The van der Waals surface area contributed by atoms with Crippen LogP contribution in [0.25, 0.3) is 0 Å². The fraction of sp³-hybridized carbons (Fsp3) is 0.368. The third-order valence-corrected chi connectivity index (χ3v) is 6.99. The number of ether oxygens (including phenoxy) is 2. The molecule has 0 unspecified atom stereocenters. The Hall–Kier alpha value is -2.69. The molecule has 0 aromatic heterocycles. The van der Waals surface area contributed by atoms with Crippen molar-refractivity contribution in [1.82, 2.24) is 4.31 Å². The van der Waals surface area contributed by atoms with Gasteiger partial charge in [-0.25, -0.2) is 8.42 Å². The minimum Gasteiger partial charge on any atom is -0.497 e. The lowest BCUT2D eigenvalue weighted by molar-refractivity contribution is -0.917. The number of nitro benzene ring substituents is 1. The van der Waals surface area contributed by atoms with E-state index in [4.69, 9.17) is 9.47 Å². The first kappa shape index (κ1) is 21.0. The van der Waals surface area contributed by atoms with Gasteiger partial charge in [0, 0.05) is 17.7 Å². The highest BCUT2D eigenvalue weighted by molar-refractivity contribution is 7.89. The van der Waals surface area contributed by atoms with Gasteiger partial charge in [-0.15, -0.1) is 0 Å². The first-order chi connectivity index (χ1) is 13.9. The lowest BCUT2D eigenvalue weighted by atomic mass is 10.1. The van der Waals surface area contributed by atoms with Gasteiger partial charge in [-0.1, -0.05) is 12.1 Å². The number of nitrogens with zero attached hydrogens (tertiary/aromatic N) is 2. The molecule has 29 heavy (non-hydrogen) atoms. The van der Waals surface area contributed by atoms with Crippen LogP contribution in [0, 0.1) is 10.1 Å². The Balaban J connectivity index is 1.70. The van der Waals surface area contributed by atoms with Gasteiger partial charge in [-0.3, -0.25) is 10.1 Å².